The number of amides is 1. The second-order valence-corrected chi connectivity index (χ2v) is 9.40. The van der Waals surface area contributed by atoms with Crippen molar-refractivity contribution in [2.45, 2.75) is 24.9 Å². The lowest BCUT2D eigenvalue weighted by molar-refractivity contribution is 0.0778. The molecule has 1 aromatic rings. The Morgan fingerprint density at radius 1 is 1.40 bits per heavy atom. The molecular formula is C16H26N4O3S2. The predicted molar refractivity (Wildman–Crippen MR) is 99.8 cm³/mol. The molecule has 0 spiro atoms. The van der Waals surface area contributed by atoms with Crippen molar-refractivity contribution in [3.63, 3.8) is 0 Å². The summed E-state index contributed by atoms with van der Waals surface area (Å²) in [5.74, 6) is 0.212. The lowest BCUT2D eigenvalue weighted by atomic mass is 9.92. The maximum Gasteiger partial charge on any atom is 0.279 e. The smallest absolute Gasteiger partial charge is 0.279 e. The highest BCUT2D eigenvalue weighted by Gasteiger charge is 2.39. The van der Waals surface area contributed by atoms with Gasteiger partial charge in [0.25, 0.3) is 16.1 Å². The third-order valence-electron chi connectivity index (χ3n) is 4.48. The van der Waals surface area contributed by atoms with Crippen molar-refractivity contribution in [1.82, 2.24) is 18.9 Å². The molecule has 2 heterocycles. The molecule has 2 rings (SSSR count). The Hall–Kier alpha value is -1.16. The molecule has 1 aromatic heterocycles. The van der Waals surface area contributed by atoms with E-state index in [-0.39, 0.29) is 23.8 Å². The molecule has 1 N–H and O–H groups in total. The van der Waals surface area contributed by atoms with Crippen LogP contribution in [-0.2, 0) is 10.2 Å². The molecule has 140 valence electrons. The van der Waals surface area contributed by atoms with Gasteiger partial charge in [0.15, 0.2) is 0 Å². The Kier molecular flexibility index (Phi) is 6.47. The quantitative estimate of drug-likeness (QED) is 0.745. The summed E-state index contributed by atoms with van der Waals surface area (Å²) in [6.07, 6.45) is 3.55. The molecule has 0 radical (unpaired) electrons. The number of aromatic nitrogens is 1. The molecule has 0 saturated carbocycles. The summed E-state index contributed by atoms with van der Waals surface area (Å²) < 4.78 is 28.3. The summed E-state index contributed by atoms with van der Waals surface area (Å²) >= 11 is 1.43. The fourth-order valence-corrected chi connectivity index (χ4v) is 4.36. The number of hydrogen-bond acceptors (Lipinski definition) is 5. The molecule has 25 heavy (non-hydrogen) atoms. The summed E-state index contributed by atoms with van der Waals surface area (Å²) in [6.45, 7) is 4.98. The zero-order valence-corrected chi connectivity index (χ0v) is 16.9. The van der Waals surface area contributed by atoms with Gasteiger partial charge >= 0.3 is 0 Å². The number of hydrogen-bond donors (Lipinski definition) is 1. The van der Waals surface area contributed by atoms with Crippen LogP contribution in [0.3, 0.4) is 0 Å². The first kappa shape index (κ1) is 20.2. The second-order valence-electron chi connectivity index (χ2n) is 6.69. The third kappa shape index (κ3) is 4.52. The van der Waals surface area contributed by atoms with Gasteiger partial charge in [-0.3, -0.25) is 4.79 Å². The van der Waals surface area contributed by atoms with Crippen LogP contribution in [0.5, 0.6) is 0 Å². The number of carbonyl (C=O) groups is 1. The van der Waals surface area contributed by atoms with E-state index in [2.05, 4.69) is 9.71 Å². The minimum Gasteiger partial charge on any atom is -0.337 e. The van der Waals surface area contributed by atoms with Crippen molar-refractivity contribution < 1.29 is 13.2 Å². The highest BCUT2D eigenvalue weighted by atomic mass is 32.2. The zero-order valence-electron chi connectivity index (χ0n) is 15.3. The SMILES string of the molecule is CSc1ncccc1C(=O)N1C[C@@H](NS(=O)(=O)N(C)C)[C@H](C(C)C)C1. The van der Waals surface area contributed by atoms with E-state index in [4.69, 9.17) is 0 Å². The number of nitrogens with zero attached hydrogens (tertiary/aromatic N) is 3. The van der Waals surface area contributed by atoms with Crippen LogP contribution in [0, 0.1) is 11.8 Å². The van der Waals surface area contributed by atoms with Crippen LogP contribution in [0.25, 0.3) is 0 Å². The lowest BCUT2D eigenvalue weighted by Gasteiger charge is -2.24. The Morgan fingerprint density at radius 2 is 2.08 bits per heavy atom. The molecule has 1 saturated heterocycles. The summed E-state index contributed by atoms with van der Waals surface area (Å²) in [5, 5.41) is 0.686. The number of carbonyl (C=O) groups excluding carboxylic acids is 1. The number of thioether (sulfide) groups is 1. The minimum absolute atomic E-state index is 0.0630. The average Bonchev–Trinajstić information content (AvgIpc) is 2.97. The lowest BCUT2D eigenvalue weighted by Crippen LogP contribution is -2.46. The van der Waals surface area contributed by atoms with Crippen LogP contribution < -0.4 is 4.72 Å². The van der Waals surface area contributed by atoms with Crippen LogP contribution >= 0.6 is 11.8 Å². The van der Waals surface area contributed by atoms with E-state index in [1.807, 2.05) is 20.1 Å². The van der Waals surface area contributed by atoms with Crippen LogP contribution in [0.2, 0.25) is 0 Å². The predicted octanol–water partition coefficient (Wildman–Crippen LogP) is 1.30. The van der Waals surface area contributed by atoms with E-state index in [0.717, 1.165) is 4.31 Å². The average molecular weight is 387 g/mol. The summed E-state index contributed by atoms with van der Waals surface area (Å²) in [4.78, 5) is 18.9. The molecule has 2 atom stereocenters. The van der Waals surface area contributed by atoms with Crippen LogP contribution in [-0.4, -0.2) is 68.0 Å². The molecule has 0 aliphatic carbocycles. The van der Waals surface area contributed by atoms with E-state index in [1.54, 1.807) is 23.2 Å². The summed E-state index contributed by atoms with van der Waals surface area (Å²) in [7, 11) is -0.564. The van der Waals surface area contributed by atoms with Crippen LogP contribution in [0.1, 0.15) is 24.2 Å². The van der Waals surface area contributed by atoms with E-state index in [9.17, 15) is 13.2 Å². The Balaban J connectivity index is 2.23. The van der Waals surface area contributed by atoms with Gasteiger partial charge in [0.1, 0.15) is 5.03 Å². The number of likely N-dealkylation sites (tertiary alicyclic amines) is 1. The first-order valence-corrected chi connectivity index (χ1v) is 10.8. The van der Waals surface area contributed by atoms with Gasteiger partial charge in [-0.2, -0.15) is 17.4 Å². The van der Waals surface area contributed by atoms with Crippen molar-refractivity contribution in [1.29, 1.82) is 0 Å². The van der Waals surface area contributed by atoms with Crippen LogP contribution in [0.4, 0.5) is 0 Å². The number of nitrogens with one attached hydrogen (secondary N) is 1. The van der Waals surface area contributed by atoms with Gasteiger partial charge in [-0.25, -0.2) is 4.98 Å². The minimum atomic E-state index is -3.55. The van der Waals surface area contributed by atoms with Gasteiger partial charge in [-0.1, -0.05) is 13.8 Å². The Labute approximate surface area is 154 Å². The normalized spacial score (nSPS) is 21.3. The third-order valence-corrected chi connectivity index (χ3v) is 6.76. The molecule has 0 unspecified atom stereocenters. The first-order valence-electron chi connectivity index (χ1n) is 8.15. The van der Waals surface area contributed by atoms with E-state index in [0.29, 0.717) is 23.7 Å². The molecule has 1 fully saturated rings. The molecule has 0 aromatic carbocycles. The molecule has 0 bridgehead atoms. The highest BCUT2D eigenvalue weighted by molar-refractivity contribution is 7.98. The van der Waals surface area contributed by atoms with Gasteiger partial charge in [0.2, 0.25) is 0 Å². The first-order chi connectivity index (χ1) is 11.7. The topological polar surface area (TPSA) is 82.6 Å². The van der Waals surface area contributed by atoms with E-state index >= 15 is 0 Å². The Morgan fingerprint density at radius 3 is 2.64 bits per heavy atom. The van der Waals surface area contributed by atoms with Crippen molar-refractivity contribution in [3.8, 4) is 0 Å². The molecule has 9 heteroatoms. The number of pyridine rings is 1. The van der Waals surface area contributed by atoms with Gasteiger partial charge in [0, 0.05) is 39.4 Å². The summed E-state index contributed by atoms with van der Waals surface area (Å²) in [6, 6.07) is 3.21. The zero-order chi connectivity index (χ0) is 18.8. The molecule has 1 aliphatic rings. The van der Waals surface area contributed by atoms with Gasteiger partial charge < -0.3 is 4.90 Å². The molecule has 1 amide bonds. The fraction of sp³-hybridized carbons (Fsp3) is 0.625. The van der Waals surface area contributed by atoms with Crippen molar-refractivity contribution in [2.75, 3.05) is 33.4 Å². The monoisotopic (exact) mass is 386 g/mol. The Bertz CT molecular complexity index is 722. The number of rotatable bonds is 6. The standard InChI is InChI=1S/C16H26N4O3S2/c1-11(2)13-9-20(10-14(13)18-25(22,23)19(3)4)16(21)12-7-6-8-17-15(12)24-5/h6-8,11,13-14,18H,9-10H2,1-5H3/t13-,14+/m0/s1. The molecule has 7 nitrogen and oxygen atoms in total. The fourth-order valence-electron chi connectivity index (χ4n) is 2.98. The van der Waals surface area contributed by atoms with Gasteiger partial charge in [-0.05, 0) is 30.2 Å². The van der Waals surface area contributed by atoms with Crippen molar-refractivity contribution >= 4 is 27.9 Å². The maximum absolute atomic E-state index is 12.9. The highest BCUT2D eigenvalue weighted by Crippen LogP contribution is 2.28. The van der Waals surface area contributed by atoms with E-state index < -0.39 is 10.2 Å². The second kappa shape index (κ2) is 8.03. The maximum atomic E-state index is 12.9. The van der Waals surface area contributed by atoms with Crippen molar-refractivity contribution in [2.24, 2.45) is 11.8 Å². The largest absolute Gasteiger partial charge is 0.337 e. The van der Waals surface area contributed by atoms with Gasteiger partial charge in [0.05, 0.1) is 5.56 Å². The van der Waals surface area contributed by atoms with Crippen molar-refractivity contribution in [3.05, 3.63) is 23.9 Å². The van der Waals surface area contributed by atoms with Crippen LogP contribution in [0.15, 0.2) is 23.4 Å². The molecular weight excluding hydrogens is 360 g/mol. The molecule has 1 aliphatic heterocycles. The van der Waals surface area contributed by atoms with E-state index in [1.165, 1.54) is 25.9 Å². The summed E-state index contributed by atoms with van der Waals surface area (Å²) in [5.41, 5.74) is 0.564. The van der Waals surface area contributed by atoms with Gasteiger partial charge in [-0.15, -0.1) is 11.8 Å².